The zero-order chi connectivity index (χ0) is 25.9. The number of benzene rings is 2. The second-order valence-corrected chi connectivity index (χ2v) is 10.2. The summed E-state index contributed by atoms with van der Waals surface area (Å²) in [5.74, 6) is -2.14. The first-order chi connectivity index (χ1) is 17.3. The van der Waals surface area contributed by atoms with Crippen molar-refractivity contribution in [3.63, 3.8) is 0 Å². The largest absolute Gasteiger partial charge is 0.466 e. The molecule has 0 aliphatic carbocycles. The van der Waals surface area contributed by atoms with E-state index in [1.54, 1.807) is 25.2 Å². The third-order valence-electron chi connectivity index (χ3n) is 6.60. The highest BCUT2D eigenvalue weighted by atomic mass is 32.1. The summed E-state index contributed by atoms with van der Waals surface area (Å²) in [5, 5.41) is 4.27. The van der Waals surface area contributed by atoms with Crippen LogP contribution in [0, 0.1) is 12.8 Å². The van der Waals surface area contributed by atoms with Crippen molar-refractivity contribution in [3.05, 3.63) is 87.4 Å². The van der Waals surface area contributed by atoms with Gasteiger partial charge in [0, 0.05) is 22.1 Å². The summed E-state index contributed by atoms with van der Waals surface area (Å²) in [4.78, 5) is 33.0. The van der Waals surface area contributed by atoms with E-state index in [0.29, 0.717) is 11.3 Å². The molecule has 7 heteroatoms. The first-order valence-corrected chi connectivity index (χ1v) is 13.0. The number of rotatable bonds is 7. The number of carbonyl (C=O) groups is 2. The van der Waals surface area contributed by atoms with Crippen LogP contribution in [0.3, 0.4) is 0 Å². The van der Waals surface area contributed by atoms with E-state index in [2.05, 4.69) is 5.32 Å². The van der Waals surface area contributed by atoms with Gasteiger partial charge in [-0.3, -0.25) is 4.79 Å². The Bertz CT molecular complexity index is 1270. The fourth-order valence-corrected chi connectivity index (χ4v) is 6.13. The van der Waals surface area contributed by atoms with Gasteiger partial charge in [-0.25, -0.2) is 9.78 Å². The molecule has 0 spiro atoms. The number of nitrogens with one attached hydrogen (secondary N) is 1. The number of aryl methyl sites for hydroxylation is 1. The fraction of sp³-hybridized carbons (Fsp3) is 0.345. The van der Waals surface area contributed by atoms with Gasteiger partial charge in [0.1, 0.15) is 10.5 Å². The van der Waals surface area contributed by atoms with Crippen LogP contribution in [-0.2, 0) is 24.6 Å². The van der Waals surface area contributed by atoms with Crippen molar-refractivity contribution in [3.8, 4) is 11.3 Å². The number of allylic oxidation sites excluding steroid dienone is 1. The zero-order valence-corrected chi connectivity index (χ0v) is 22.1. The van der Waals surface area contributed by atoms with Crippen LogP contribution < -0.4 is 5.32 Å². The van der Waals surface area contributed by atoms with Crippen molar-refractivity contribution in [2.24, 2.45) is 5.92 Å². The van der Waals surface area contributed by atoms with Gasteiger partial charge in [0.2, 0.25) is 0 Å². The summed E-state index contributed by atoms with van der Waals surface area (Å²) < 4.78 is 11.1. The van der Waals surface area contributed by atoms with Gasteiger partial charge < -0.3 is 14.8 Å². The van der Waals surface area contributed by atoms with E-state index in [-0.39, 0.29) is 19.2 Å². The van der Waals surface area contributed by atoms with Crippen molar-refractivity contribution in [2.75, 3.05) is 13.2 Å². The maximum absolute atomic E-state index is 13.7. The van der Waals surface area contributed by atoms with E-state index in [1.807, 2.05) is 81.4 Å². The normalized spacial score (nSPS) is 21.6. The van der Waals surface area contributed by atoms with Gasteiger partial charge >= 0.3 is 11.9 Å². The Morgan fingerprint density at radius 3 is 2.19 bits per heavy atom. The Labute approximate surface area is 216 Å². The van der Waals surface area contributed by atoms with Crippen LogP contribution in [0.25, 0.3) is 11.3 Å². The summed E-state index contributed by atoms with van der Waals surface area (Å²) in [6.45, 7) is 9.91. The smallest absolute Gasteiger partial charge is 0.336 e. The van der Waals surface area contributed by atoms with Gasteiger partial charge in [-0.2, -0.15) is 0 Å². The molecule has 1 N–H and O–H groups in total. The molecule has 2 aromatic carbocycles. The predicted molar refractivity (Wildman–Crippen MR) is 141 cm³/mol. The van der Waals surface area contributed by atoms with Gasteiger partial charge in [0.05, 0.1) is 30.4 Å². The van der Waals surface area contributed by atoms with Crippen molar-refractivity contribution >= 4 is 23.3 Å². The highest BCUT2D eigenvalue weighted by Gasteiger charge is 2.54. The summed E-state index contributed by atoms with van der Waals surface area (Å²) in [6, 6.07) is 19.6. The standard InChI is InChI=1S/C29H32N2O4S/c1-6-34-26(32)22-18(3)31-29(5,28-30-25(19(4)36-28)21-16-12-9-13-17-21)24(27(33)35-7-2)23(22)20-14-10-8-11-15-20/h8-17,23-24,31H,6-7H2,1-5H3. The fourth-order valence-electron chi connectivity index (χ4n) is 5.05. The van der Waals surface area contributed by atoms with E-state index < -0.39 is 23.3 Å². The van der Waals surface area contributed by atoms with E-state index >= 15 is 0 Å². The number of hydrogen-bond donors (Lipinski definition) is 1. The second kappa shape index (κ2) is 10.7. The maximum Gasteiger partial charge on any atom is 0.336 e. The number of ether oxygens (including phenoxy) is 2. The second-order valence-electron chi connectivity index (χ2n) is 8.99. The lowest BCUT2D eigenvalue weighted by atomic mass is 9.67. The third kappa shape index (κ3) is 4.67. The molecule has 4 rings (SSSR count). The van der Waals surface area contributed by atoms with E-state index in [0.717, 1.165) is 26.7 Å². The molecule has 0 bridgehead atoms. The maximum atomic E-state index is 13.7. The molecule has 3 atom stereocenters. The number of esters is 2. The lowest BCUT2D eigenvalue weighted by molar-refractivity contribution is -0.152. The number of thiazole rings is 1. The SMILES string of the molecule is CCOC(=O)C1=C(C)NC(C)(c2nc(-c3ccccc3)c(C)s2)C(C(=O)OCC)C1c1ccccc1. The van der Waals surface area contributed by atoms with Crippen molar-refractivity contribution in [2.45, 2.75) is 46.1 Å². The van der Waals surface area contributed by atoms with Gasteiger partial charge in [-0.1, -0.05) is 60.7 Å². The molecule has 188 valence electrons. The number of carbonyl (C=O) groups excluding carboxylic acids is 2. The molecule has 0 amide bonds. The number of nitrogens with zero attached hydrogens (tertiary/aromatic N) is 1. The van der Waals surface area contributed by atoms with Gasteiger partial charge in [-0.05, 0) is 40.2 Å². The van der Waals surface area contributed by atoms with Crippen LogP contribution >= 0.6 is 11.3 Å². The number of aromatic nitrogens is 1. The van der Waals surface area contributed by atoms with E-state index in [4.69, 9.17) is 14.5 Å². The average Bonchev–Trinajstić information content (AvgIpc) is 3.27. The monoisotopic (exact) mass is 504 g/mol. The molecule has 0 saturated heterocycles. The topological polar surface area (TPSA) is 77.5 Å². The van der Waals surface area contributed by atoms with E-state index in [1.165, 1.54) is 0 Å². The third-order valence-corrected chi connectivity index (χ3v) is 7.81. The molecule has 3 aromatic rings. The quantitative estimate of drug-likeness (QED) is 0.414. The number of hydrogen-bond acceptors (Lipinski definition) is 7. The minimum absolute atomic E-state index is 0.233. The molecule has 6 nitrogen and oxygen atoms in total. The minimum atomic E-state index is -0.921. The highest BCUT2D eigenvalue weighted by molar-refractivity contribution is 7.12. The summed E-state index contributed by atoms with van der Waals surface area (Å²) in [5.41, 5.74) is 2.94. The van der Waals surface area contributed by atoms with Crippen LogP contribution in [0.1, 0.15) is 49.1 Å². The summed E-state index contributed by atoms with van der Waals surface area (Å²) >= 11 is 1.55. The molecule has 1 aliphatic heterocycles. The van der Waals surface area contributed by atoms with Crippen LogP contribution in [0.2, 0.25) is 0 Å². The lowest BCUT2D eigenvalue weighted by Crippen LogP contribution is -2.55. The van der Waals surface area contributed by atoms with Crippen molar-refractivity contribution in [1.29, 1.82) is 0 Å². The Balaban J connectivity index is 1.94. The summed E-state index contributed by atoms with van der Waals surface area (Å²) in [7, 11) is 0. The summed E-state index contributed by atoms with van der Waals surface area (Å²) in [6.07, 6.45) is 0. The van der Waals surface area contributed by atoms with Gasteiger partial charge in [0.15, 0.2) is 0 Å². The van der Waals surface area contributed by atoms with Gasteiger partial charge in [0.25, 0.3) is 0 Å². The van der Waals surface area contributed by atoms with E-state index in [9.17, 15) is 9.59 Å². The molecule has 0 fully saturated rings. The first kappa shape index (κ1) is 25.6. The highest BCUT2D eigenvalue weighted by Crippen LogP contribution is 2.50. The first-order valence-electron chi connectivity index (χ1n) is 12.2. The molecular formula is C29H32N2O4S. The van der Waals surface area contributed by atoms with Crippen LogP contribution in [0.5, 0.6) is 0 Å². The molecule has 0 radical (unpaired) electrons. The average molecular weight is 505 g/mol. The zero-order valence-electron chi connectivity index (χ0n) is 21.3. The molecular weight excluding hydrogens is 472 g/mol. The Kier molecular flexibility index (Phi) is 7.59. The van der Waals surface area contributed by atoms with Crippen LogP contribution in [0.15, 0.2) is 71.9 Å². The van der Waals surface area contributed by atoms with Crippen LogP contribution in [-0.4, -0.2) is 30.1 Å². The minimum Gasteiger partial charge on any atom is -0.466 e. The molecule has 3 unspecified atom stereocenters. The molecule has 0 saturated carbocycles. The molecule has 1 aromatic heterocycles. The van der Waals surface area contributed by atoms with Gasteiger partial charge in [-0.15, -0.1) is 11.3 Å². The molecule has 36 heavy (non-hydrogen) atoms. The van der Waals surface area contributed by atoms with Crippen molar-refractivity contribution < 1.29 is 19.1 Å². The lowest BCUT2D eigenvalue weighted by Gasteiger charge is -2.45. The molecule has 2 heterocycles. The Morgan fingerprint density at radius 1 is 0.972 bits per heavy atom. The van der Waals surface area contributed by atoms with Crippen LogP contribution in [0.4, 0.5) is 0 Å². The molecule has 1 aliphatic rings. The van der Waals surface area contributed by atoms with Crippen molar-refractivity contribution in [1.82, 2.24) is 10.3 Å². The Hall–Kier alpha value is -3.45. The Morgan fingerprint density at radius 2 is 1.58 bits per heavy atom. The predicted octanol–water partition coefficient (Wildman–Crippen LogP) is 5.74.